The molecule has 0 amide bonds. The van der Waals surface area contributed by atoms with E-state index in [1.54, 1.807) is 6.07 Å². The van der Waals surface area contributed by atoms with Gasteiger partial charge in [-0.15, -0.1) is 0 Å². The molecule has 0 aliphatic carbocycles. The summed E-state index contributed by atoms with van der Waals surface area (Å²) in [5.41, 5.74) is 1.55. The molecule has 2 aromatic carbocycles. The zero-order valence-corrected chi connectivity index (χ0v) is 17.1. The third kappa shape index (κ3) is 6.27. The van der Waals surface area contributed by atoms with Crippen molar-refractivity contribution in [2.24, 2.45) is 0 Å². The molecule has 0 unspecified atom stereocenters. The number of carbonyl (C=O) groups is 1. The molecule has 1 N–H and O–H groups in total. The average Bonchev–Trinajstić information content (AvgIpc) is 2.71. The minimum Gasteiger partial charge on any atom is -0.508 e. The number of benzene rings is 2. The van der Waals surface area contributed by atoms with Crippen LogP contribution in [0.4, 0.5) is 0 Å². The Morgan fingerprint density at radius 3 is 2.43 bits per heavy atom. The molecule has 0 bridgehead atoms. The van der Waals surface area contributed by atoms with E-state index in [9.17, 15) is 9.90 Å². The van der Waals surface area contributed by atoms with Crippen molar-refractivity contribution in [3.63, 3.8) is 0 Å². The summed E-state index contributed by atoms with van der Waals surface area (Å²) in [6.45, 7) is 8.74. The molecular formula is C23H31NO4. The molecule has 2 rings (SSSR count). The Kier molecular flexibility index (Phi) is 8.82. The van der Waals surface area contributed by atoms with Crippen molar-refractivity contribution in [3.8, 4) is 11.5 Å². The molecule has 2 aromatic rings. The number of aromatic hydroxyl groups is 1. The molecule has 0 spiro atoms. The van der Waals surface area contributed by atoms with Crippen LogP contribution in [0.25, 0.3) is 0 Å². The monoisotopic (exact) mass is 385 g/mol. The Morgan fingerprint density at radius 2 is 1.79 bits per heavy atom. The lowest BCUT2D eigenvalue weighted by Crippen LogP contribution is -2.40. The van der Waals surface area contributed by atoms with Gasteiger partial charge >= 0.3 is 5.97 Å². The van der Waals surface area contributed by atoms with Crippen molar-refractivity contribution < 1.29 is 19.4 Å². The van der Waals surface area contributed by atoms with Crippen LogP contribution in [-0.2, 0) is 11.2 Å². The normalized spacial score (nSPS) is 12.0. The highest BCUT2D eigenvalue weighted by Crippen LogP contribution is 2.25. The molecule has 0 aliphatic heterocycles. The molecule has 0 saturated heterocycles. The highest BCUT2D eigenvalue weighted by atomic mass is 16.5. The minimum absolute atomic E-state index is 0.0627. The summed E-state index contributed by atoms with van der Waals surface area (Å²) in [5.74, 6) is -0.0154. The zero-order chi connectivity index (χ0) is 20.4. The molecule has 0 saturated carbocycles. The van der Waals surface area contributed by atoms with E-state index in [2.05, 4.69) is 30.9 Å². The van der Waals surface area contributed by atoms with Crippen LogP contribution in [0.1, 0.15) is 43.1 Å². The SMILES string of the molecule is CCCOc1cc(O)ccc1C(=O)OC[C@H](Cc1ccccc1)N(CC)CC. The summed E-state index contributed by atoms with van der Waals surface area (Å²) in [4.78, 5) is 15.0. The molecule has 0 aliphatic rings. The first-order valence-corrected chi connectivity index (χ1v) is 9.99. The number of phenols is 1. The van der Waals surface area contributed by atoms with Gasteiger partial charge in [-0.05, 0) is 43.6 Å². The van der Waals surface area contributed by atoms with Gasteiger partial charge in [-0.1, -0.05) is 51.1 Å². The first-order chi connectivity index (χ1) is 13.6. The van der Waals surface area contributed by atoms with Crippen LogP contribution in [-0.4, -0.2) is 48.3 Å². The van der Waals surface area contributed by atoms with Crippen molar-refractivity contribution in [3.05, 3.63) is 59.7 Å². The molecular weight excluding hydrogens is 354 g/mol. The van der Waals surface area contributed by atoms with Crippen molar-refractivity contribution >= 4 is 5.97 Å². The van der Waals surface area contributed by atoms with E-state index in [0.29, 0.717) is 24.5 Å². The summed E-state index contributed by atoms with van der Waals surface area (Å²) < 4.78 is 11.3. The maximum atomic E-state index is 12.7. The number of likely N-dealkylation sites (N-methyl/N-ethyl adjacent to an activating group) is 1. The fourth-order valence-electron chi connectivity index (χ4n) is 3.18. The molecule has 0 heterocycles. The quantitative estimate of drug-likeness (QED) is 0.585. The summed E-state index contributed by atoms with van der Waals surface area (Å²) in [5, 5.41) is 9.70. The van der Waals surface area contributed by atoms with E-state index >= 15 is 0 Å². The second-order valence-electron chi connectivity index (χ2n) is 6.69. The van der Waals surface area contributed by atoms with E-state index in [0.717, 1.165) is 25.9 Å². The maximum Gasteiger partial charge on any atom is 0.341 e. The van der Waals surface area contributed by atoms with Gasteiger partial charge in [0, 0.05) is 12.1 Å². The van der Waals surface area contributed by atoms with Crippen molar-refractivity contribution in [1.82, 2.24) is 4.90 Å². The second kappa shape index (κ2) is 11.3. The number of hydrogen-bond donors (Lipinski definition) is 1. The van der Waals surface area contributed by atoms with Crippen LogP contribution in [0.15, 0.2) is 48.5 Å². The maximum absolute atomic E-state index is 12.7. The molecule has 5 nitrogen and oxygen atoms in total. The first kappa shape index (κ1) is 21.8. The highest BCUT2D eigenvalue weighted by molar-refractivity contribution is 5.92. The Morgan fingerprint density at radius 1 is 1.07 bits per heavy atom. The number of carbonyl (C=O) groups excluding carboxylic acids is 1. The lowest BCUT2D eigenvalue weighted by atomic mass is 10.1. The van der Waals surface area contributed by atoms with E-state index < -0.39 is 5.97 Å². The lowest BCUT2D eigenvalue weighted by molar-refractivity contribution is 0.0356. The van der Waals surface area contributed by atoms with Gasteiger partial charge in [0.25, 0.3) is 0 Å². The van der Waals surface area contributed by atoms with Crippen molar-refractivity contribution in [2.45, 2.75) is 39.7 Å². The third-order valence-electron chi connectivity index (χ3n) is 4.70. The molecule has 0 aromatic heterocycles. The van der Waals surface area contributed by atoms with Crippen LogP contribution < -0.4 is 4.74 Å². The van der Waals surface area contributed by atoms with Crippen molar-refractivity contribution in [2.75, 3.05) is 26.3 Å². The fraction of sp³-hybridized carbons (Fsp3) is 0.435. The predicted molar refractivity (Wildman–Crippen MR) is 111 cm³/mol. The van der Waals surface area contributed by atoms with E-state index in [-0.39, 0.29) is 11.8 Å². The van der Waals surface area contributed by atoms with Crippen LogP contribution in [0.5, 0.6) is 11.5 Å². The van der Waals surface area contributed by atoms with Crippen LogP contribution >= 0.6 is 0 Å². The summed E-state index contributed by atoms with van der Waals surface area (Å²) in [6, 6.07) is 14.8. The molecule has 28 heavy (non-hydrogen) atoms. The number of phenolic OH excluding ortho intramolecular Hbond substituents is 1. The fourth-order valence-corrected chi connectivity index (χ4v) is 3.18. The minimum atomic E-state index is -0.434. The molecule has 1 atom stereocenters. The summed E-state index contributed by atoms with van der Waals surface area (Å²) >= 11 is 0. The number of hydrogen-bond acceptors (Lipinski definition) is 5. The van der Waals surface area contributed by atoms with E-state index in [4.69, 9.17) is 9.47 Å². The zero-order valence-electron chi connectivity index (χ0n) is 17.1. The van der Waals surface area contributed by atoms with Gasteiger partial charge < -0.3 is 14.6 Å². The number of esters is 1. The average molecular weight is 386 g/mol. The van der Waals surface area contributed by atoms with Gasteiger partial charge in [0.15, 0.2) is 0 Å². The number of rotatable bonds is 11. The van der Waals surface area contributed by atoms with E-state index in [1.807, 2.05) is 25.1 Å². The largest absolute Gasteiger partial charge is 0.508 e. The Labute approximate surface area is 167 Å². The van der Waals surface area contributed by atoms with Crippen LogP contribution in [0.3, 0.4) is 0 Å². The van der Waals surface area contributed by atoms with Crippen LogP contribution in [0, 0.1) is 0 Å². The van der Waals surface area contributed by atoms with Crippen LogP contribution in [0.2, 0.25) is 0 Å². The highest BCUT2D eigenvalue weighted by Gasteiger charge is 2.21. The third-order valence-corrected chi connectivity index (χ3v) is 4.70. The molecule has 5 heteroatoms. The molecule has 0 radical (unpaired) electrons. The molecule has 152 valence electrons. The Balaban J connectivity index is 2.10. The Bertz CT molecular complexity index is 729. The van der Waals surface area contributed by atoms with Gasteiger partial charge in [-0.25, -0.2) is 4.79 Å². The van der Waals surface area contributed by atoms with Gasteiger partial charge in [-0.2, -0.15) is 0 Å². The van der Waals surface area contributed by atoms with Gasteiger partial charge in [0.2, 0.25) is 0 Å². The lowest BCUT2D eigenvalue weighted by Gasteiger charge is -2.29. The summed E-state index contributed by atoms with van der Waals surface area (Å²) in [6.07, 6.45) is 1.62. The van der Waals surface area contributed by atoms with Gasteiger partial charge in [-0.3, -0.25) is 4.90 Å². The van der Waals surface area contributed by atoms with E-state index in [1.165, 1.54) is 17.7 Å². The predicted octanol–water partition coefficient (Wildman–Crippen LogP) is 4.29. The second-order valence-corrected chi connectivity index (χ2v) is 6.69. The Hall–Kier alpha value is -2.53. The number of ether oxygens (including phenoxy) is 2. The topological polar surface area (TPSA) is 59.0 Å². The first-order valence-electron chi connectivity index (χ1n) is 9.99. The van der Waals surface area contributed by atoms with Crippen molar-refractivity contribution in [1.29, 1.82) is 0 Å². The van der Waals surface area contributed by atoms with Gasteiger partial charge in [0.05, 0.1) is 6.61 Å². The number of nitrogens with zero attached hydrogens (tertiary/aromatic N) is 1. The van der Waals surface area contributed by atoms with Gasteiger partial charge in [0.1, 0.15) is 23.7 Å². The molecule has 0 fully saturated rings. The smallest absolute Gasteiger partial charge is 0.341 e. The standard InChI is InChI=1S/C23H31NO4/c1-4-14-27-22-16-20(25)12-13-21(22)23(26)28-17-19(24(5-2)6-3)15-18-10-8-7-9-11-18/h7-13,16,19,25H,4-6,14-15,17H2,1-3H3/t19-/m0/s1. The summed E-state index contributed by atoms with van der Waals surface area (Å²) in [7, 11) is 0.